The van der Waals surface area contributed by atoms with Crippen molar-refractivity contribution in [2.45, 2.75) is 36.6 Å². The van der Waals surface area contributed by atoms with Gasteiger partial charge in [-0.1, -0.05) is 6.07 Å². The molecule has 2 rings (SSSR count). The Morgan fingerprint density at radius 1 is 1.50 bits per heavy atom. The van der Waals surface area contributed by atoms with Crippen LogP contribution in [0.4, 0.5) is 4.39 Å². The van der Waals surface area contributed by atoms with Crippen LogP contribution in [-0.2, 0) is 15.9 Å². The van der Waals surface area contributed by atoms with Gasteiger partial charge >= 0.3 is 0 Å². The Morgan fingerprint density at radius 3 is 2.78 bits per heavy atom. The smallest absolute Gasteiger partial charge is 0.207 e. The van der Waals surface area contributed by atoms with Gasteiger partial charge in [-0.3, -0.25) is 0 Å². The maximum absolute atomic E-state index is 13.3. The average molecular weight is 292 g/mol. The Kier molecular flexibility index (Phi) is 3.94. The minimum absolute atomic E-state index is 0.00810. The van der Waals surface area contributed by atoms with E-state index in [2.05, 4.69) is 0 Å². The topological polar surface area (TPSA) is 37.4 Å². The SMILES string of the molecule is CC1CCCN1S(=O)(=O)c1cc(F)ccc1CCl. The van der Waals surface area contributed by atoms with E-state index in [1.54, 1.807) is 0 Å². The van der Waals surface area contributed by atoms with Crippen LogP contribution in [0.15, 0.2) is 23.1 Å². The van der Waals surface area contributed by atoms with Crippen molar-refractivity contribution in [2.24, 2.45) is 0 Å². The van der Waals surface area contributed by atoms with E-state index in [1.807, 2.05) is 6.92 Å². The van der Waals surface area contributed by atoms with Crippen LogP contribution in [0.2, 0.25) is 0 Å². The molecule has 6 heteroatoms. The number of rotatable bonds is 3. The molecular formula is C12H15ClFNO2S. The molecule has 100 valence electrons. The second-order valence-electron chi connectivity index (χ2n) is 4.49. The van der Waals surface area contributed by atoms with Gasteiger partial charge in [0.1, 0.15) is 5.82 Å². The van der Waals surface area contributed by atoms with E-state index < -0.39 is 15.8 Å². The molecule has 0 aromatic heterocycles. The Morgan fingerprint density at radius 2 is 2.22 bits per heavy atom. The van der Waals surface area contributed by atoms with Crippen LogP contribution in [0.3, 0.4) is 0 Å². The van der Waals surface area contributed by atoms with Gasteiger partial charge in [0.25, 0.3) is 0 Å². The monoisotopic (exact) mass is 291 g/mol. The van der Waals surface area contributed by atoms with E-state index in [-0.39, 0.29) is 16.8 Å². The van der Waals surface area contributed by atoms with Crippen molar-refractivity contribution in [3.05, 3.63) is 29.6 Å². The highest BCUT2D eigenvalue weighted by molar-refractivity contribution is 7.89. The lowest BCUT2D eigenvalue weighted by atomic mass is 10.2. The van der Waals surface area contributed by atoms with E-state index >= 15 is 0 Å². The van der Waals surface area contributed by atoms with Crippen LogP contribution in [0.1, 0.15) is 25.3 Å². The summed E-state index contributed by atoms with van der Waals surface area (Å²) in [6.45, 7) is 2.35. The zero-order chi connectivity index (χ0) is 13.3. The maximum Gasteiger partial charge on any atom is 0.243 e. The third-order valence-corrected chi connectivity index (χ3v) is 5.64. The van der Waals surface area contributed by atoms with Crippen LogP contribution in [0, 0.1) is 5.82 Å². The molecule has 1 atom stereocenters. The molecular weight excluding hydrogens is 277 g/mol. The highest BCUT2D eigenvalue weighted by Crippen LogP contribution is 2.28. The van der Waals surface area contributed by atoms with Crippen molar-refractivity contribution in [3.8, 4) is 0 Å². The predicted molar refractivity (Wildman–Crippen MR) is 68.5 cm³/mol. The molecule has 0 bridgehead atoms. The molecule has 1 aromatic rings. The lowest BCUT2D eigenvalue weighted by Crippen LogP contribution is -2.34. The minimum atomic E-state index is -3.64. The minimum Gasteiger partial charge on any atom is -0.207 e. The molecule has 0 radical (unpaired) electrons. The molecule has 0 spiro atoms. The Balaban J connectivity index is 2.49. The number of benzene rings is 1. The molecule has 1 aliphatic rings. The number of hydrogen-bond acceptors (Lipinski definition) is 2. The highest BCUT2D eigenvalue weighted by atomic mass is 35.5. The Hall–Kier alpha value is -0.650. The Labute approximate surface area is 112 Å². The lowest BCUT2D eigenvalue weighted by Gasteiger charge is -2.22. The van der Waals surface area contributed by atoms with Crippen molar-refractivity contribution in [1.29, 1.82) is 0 Å². The molecule has 1 heterocycles. The van der Waals surface area contributed by atoms with Gasteiger partial charge < -0.3 is 0 Å². The number of hydrogen-bond donors (Lipinski definition) is 0. The molecule has 0 amide bonds. The first kappa shape index (κ1) is 13.8. The largest absolute Gasteiger partial charge is 0.243 e. The van der Waals surface area contributed by atoms with Gasteiger partial charge in [0.2, 0.25) is 10.0 Å². The summed E-state index contributed by atoms with van der Waals surface area (Å²) < 4.78 is 39.7. The predicted octanol–water partition coefficient (Wildman–Crippen LogP) is 2.74. The normalized spacial score (nSPS) is 21.4. The molecule has 18 heavy (non-hydrogen) atoms. The van der Waals surface area contributed by atoms with Gasteiger partial charge in [-0.05, 0) is 37.5 Å². The number of alkyl halides is 1. The number of halogens is 2. The van der Waals surface area contributed by atoms with Crippen molar-refractivity contribution in [1.82, 2.24) is 4.31 Å². The van der Waals surface area contributed by atoms with Crippen LogP contribution < -0.4 is 0 Å². The fourth-order valence-electron chi connectivity index (χ4n) is 2.27. The third kappa shape index (κ3) is 2.39. The lowest BCUT2D eigenvalue weighted by molar-refractivity contribution is 0.407. The van der Waals surface area contributed by atoms with Gasteiger partial charge in [-0.25, -0.2) is 12.8 Å². The van der Waals surface area contributed by atoms with Gasteiger partial charge in [0.15, 0.2) is 0 Å². The molecule has 0 N–H and O–H groups in total. The number of nitrogens with zero attached hydrogens (tertiary/aromatic N) is 1. The summed E-state index contributed by atoms with van der Waals surface area (Å²) in [5.41, 5.74) is 0.442. The fourth-order valence-corrected chi connectivity index (χ4v) is 4.52. The second kappa shape index (κ2) is 5.15. The van der Waals surface area contributed by atoms with Gasteiger partial charge in [0.05, 0.1) is 4.90 Å². The van der Waals surface area contributed by atoms with E-state index in [4.69, 9.17) is 11.6 Å². The fraction of sp³-hybridized carbons (Fsp3) is 0.500. The zero-order valence-corrected chi connectivity index (χ0v) is 11.6. The first-order chi connectivity index (χ1) is 8.46. The summed E-state index contributed by atoms with van der Waals surface area (Å²) in [4.78, 5) is -0.00810. The summed E-state index contributed by atoms with van der Waals surface area (Å²) >= 11 is 5.73. The molecule has 0 aliphatic carbocycles. The van der Waals surface area contributed by atoms with Gasteiger partial charge in [-0.15, -0.1) is 11.6 Å². The molecule has 1 saturated heterocycles. The Bertz CT molecular complexity index is 547. The van der Waals surface area contributed by atoms with Crippen molar-refractivity contribution in [3.63, 3.8) is 0 Å². The summed E-state index contributed by atoms with van der Waals surface area (Å²) in [6, 6.07) is 3.67. The molecule has 1 unspecified atom stereocenters. The zero-order valence-electron chi connectivity index (χ0n) is 10.1. The highest BCUT2D eigenvalue weighted by Gasteiger charge is 2.34. The summed E-state index contributed by atoms with van der Waals surface area (Å²) in [6.07, 6.45) is 1.68. The van der Waals surface area contributed by atoms with E-state index in [0.29, 0.717) is 12.1 Å². The van der Waals surface area contributed by atoms with Gasteiger partial charge in [0, 0.05) is 18.5 Å². The van der Waals surface area contributed by atoms with Crippen molar-refractivity contribution in [2.75, 3.05) is 6.54 Å². The summed E-state index contributed by atoms with van der Waals surface area (Å²) in [5.74, 6) is -0.508. The standard InChI is InChI=1S/C12H15ClFNO2S/c1-9-3-2-6-15(9)18(16,17)12-7-11(14)5-4-10(12)8-13/h4-5,7,9H,2-3,6,8H2,1H3. The molecule has 0 saturated carbocycles. The van der Waals surface area contributed by atoms with E-state index in [9.17, 15) is 12.8 Å². The van der Waals surface area contributed by atoms with Crippen LogP contribution in [-0.4, -0.2) is 25.3 Å². The summed E-state index contributed by atoms with van der Waals surface area (Å²) in [5, 5.41) is 0. The van der Waals surface area contributed by atoms with Gasteiger partial charge in [-0.2, -0.15) is 4.31 Å². The average Bonchev–Trinajstić information content (AvgIpc) is 2.76. The van der Waals surface area contributed by atoms with Crippen molar-refractivity contribution < 1.29 is 12.8 Å². The quantitative estimate of drug-likeness (QED) is 0.803. The molecule has 1 fully saturated rings. The second-order valence-corrected chi connectivity index (χ2v) is 6.62. The summed E-state index contributed by atoms with van der Waals surface area (Å²) in [7, 11) is -3.64. The number of sulfonamides is 1. The van der Waals surface area contributed by atoms with Crippen LogP contribution in [0.25, 0.3) is 0 Å². The first-order valence-electron chi connectivity index (χ1n) is 5.83. The molecule has 1 aromatic carbocycles. The molecule has 1 aliphatic heterocycles. The van der Waals surface area contributed by atoms with Crippen molar-refractivity contribution >= 4 is 21.6 Å². The van der Waals surface area contributed by atoms with Crippen LogP contribution in [0.5, 0.6) is 0 Å². The van der Waals surface area contributed by atoms with E-state index in [0.717, 1.165) is 18.9 Å². The maximum atomic E-state index is 13.3. The molecule has 3 nitrogen and oxygen atoms in total. The first-order valence-corrected chi connectivity index (χ1v) is 7.80. The third-order valence-electron chi connectivity index (χ3n) is 3.25. The van der Waals surface area contributed by atoms with Crippen LogP contribution >= 0.6 is 11.6 Å². The van der Waals surface area contributed by atoms with E-state index in [1.165, 1.54) is 16.4 Å².